The van der Waals surface area contributed by atoms with Crippen molar-refractivity contribution in [2.24, 2.45) is 5.73 Å². The van der Waals surface area contributed by atoms with Crippen LogP contribution in [0.1, 0.15) is 16.5 Å². The van der Waals surface area contributed by atoms with Crippen LogP contribution in [0.3, 0.4) is 0 Å². The lowest BCUT2D eigenvalue weighted by Crippen LogP contribution is -2.20. The molecular formula is C16H15ClN2O2. The molecule has 1 atom stereocenters. The Labute approximate surface area is 127 Å². The van der Waals surface area contributed by atoms with Gasteiger partial charge >= 0.3 is 0 Å². The van der Waals surface area contributed by atoms with Crippen molar-refractivity contribution < 1.29 is 9.59 Å². The zero-order chi connectivity index (χ0) is 15.2. The second-order valence-electron chi connectivity index (χ2n) is 4.56. The van der Waals surface area contributed by atoms with Crippen LogP contribution in [0.2, 0.25) is 0 Å². The van der Waals surface area contributed by atoms with Crippen molar-refractivity contribution in [2.45, 2.75) is 11.8 Å². The molecule has 2 amide bonds. The molecule has 0 aliphatic rings. The van der Waals surface area contributed by atoms with Crippen molar-refractivity contribution in [3.63, 3.8) is 0 Å². The van der Waals surface area contributed by atoms with Gasteiger partial charge in [-0.25, -0.2) is 0 Å². The van der Waals surface area contributed by atoms with Crippen LogP contribution in [0.25, 0.3) is 0 Å². The maximum absolute atomic E-state index is 12.2. The van der Waals surface area contributed by atoms with Gasteiger partial charge in [0, 0.05) is 5.69 Å². The van der Waals surface area contributed by atoms with Crippen LogP contribution in [0.4, 0.5) is 5.69 Å². The average molecular weight is 303 g/mol. The molecule has 2 aromatic carbocycles. The van der Waals surface area contributed by atoms with E-state index in [1.165, 1.54) is 0 Å². The van der Waals surface area contributed by atoms with Crippen molar-refractivity contribution >= 4 is 29.1 Å². The van der Waals surface area contributed by atoms with Gasteiger partial charge in [0.05, 0.1) is 6.42 Å². The molecule has 0 fully saturated rings. The van der Waals surface area contributed by atoms with E-state index in [1.54, 1.807) is 36.4 Å². The highest BCUT2D eigenvalue weighted by Gasteiger charge is 2.18. The number of carbonyl (C=O) groups is 2. The number of nitrogens with one attached hydrogen (secondary N) is 1. The monoisotopic (exact) mass is 302 g/mol. The maximum atomic E-state index is 12.2. The number of para-hydroxylation sites is 1. The molecule has 3 N–H and O–H groups in total. The minimum atomic E-state index is -0.798. The van der Waals surface area contributed by atoms with Gasteiger partial charge in [0.2, 0.25) is 11.8 Å². The van der Waals surface area contributed by atoms with E-state index in [1.807, 2.05) is 18.2 Å². The number of amides is 2. The molecule has 0 aliphatic heterocycles. The third kappa shape index (κ3) is 4.07. The van der Waals surface area contributed by atoms with Crippen molar-refractivity contribution in [1.29, 1.82) is 0 Å². The van der Waals surface area contributed by atoms with Gasteiger partial charge in [0.1, 0.15) is 5.38 Å². The van der Waals surface area contributed by atoms with Crippen LogP contribution in [-0.4, -0.2) is 11.8 Å². The van der Waals surface area contributed by atoms with Crippen LogP contribution in [0.5, 0.6) is 0 Å². The van der Waals surface area contributed by atoms with Crippen LogP contribution < -0.4 is 11.1 Å². The number of carbonyl (C=O) groups excluding carboxylic acids is 2. The average Bonchev–Trinajstić information content (AvgIpc) is 2.49. The Kier molecular flexibility index (Phi) is 4.95. The lowest BCUT2D eigenvalue weighted by molar-refractivity contribution is -0.118. The fourth-order valence-corrected chi connectivity index (χ4v) is 2.15. The molecule has 4 nitrogen and oxygen atoms in total. The van der Waals surface area contributed by atoms with E-state index in [-0.39, 0.29) is 12.3 Å². The highest BCUT2D eigenvalue weighted by atomic mass is 35.5. The van der Waals surface area contributed by atoms with Gasteiger partial charge in [-0.15, -0.1) is 11.6 Å². The molecule has 0 saturated carbocycles. The van der Waals surface area contributed by atoms with E-state index in [2.05, 4.69) is 5.32 Å². The largest absolute Gasteiger partial charge is 0.369 e. The molecule has 0 bridgehead atoms. The Morgan fingerprint density at radius 3 is 2.33 bits per heavy atom. The second-order valence-corrected chi connectivity index (χ2v) is 5.00. The van der Waals surface area contributed by atoms with E-state index in [0.29, 0.717) is 16.8 Å². The SMILES string of the molecule is NC(=O)Cc1ccccc1NC(=O)C(Cl)c1ccccc1. The number of alkyl halides is 1. The third-order valence-corrected chi connectivity index (χ3v) is 3.41. The Morgan fingerprint density at radius 1 is 1.05 bits per heavy atom. The van der Waals surface area contributed by atoms with Gasteiger partial charge in [-0.3, -0.25) is 9.59 Å². The first-order valence-electron chi connectivity index (χ1n) is 6.44. The normalized spacial score (nSPS) is 11.7. The summed E-state index contributed by atoms with van der Waals surface area (Å²) in [6.07, 6.45) is 0.0642. The second kappa shape index (κ2) is 6.90. The number of hydrogen-bond acceptors (Lipinski definition) is 2. The van der Waals surface area contributed by atoms with Gasteiger partial charge in [-0.2, -0.15) is 0 Å². The predicted octanol–water partition coefficient (Wildman–Crippen LogP) is 2.63. The molecule has 5 heteroatoms. The molecule has 0 radical (unpaired) electrons. The van der Waals surface area contributed by atoms with Crippen LogP contribution in [0.15, 0.2) is 54.6 Å². The van der Waals surface area contributed by atoms with Crippen molar-refractivity contribution in [3.05, 3.63) is 65.7 Å². The summed E-state index contributed by atoms with van der Waals surface area (Å²) >= 11 is 6.16. The van der Waals surface area contributed by atoms with Gasteiger partial charge in [-0.1, -0.05) is 48.5 Å². The van der Waals surface area contributed by atoms with Crippen molar-refractivity contribution in [2.75, 3.05) is 5.32 Å². The highest BCUT2D eigenvalue weighted by Crippen LogP contribution is 2.23. The smallest absolute Gasteiger partial charge is 0.246 e. The van der Waals surface area contributed by atoms with Gasteiger partial charge in [-0.05, 0) is 17.2 Å². The minimum Gasteiger partial charge on any atom is -0.369 e. The summed E-state index contributed by atoms with van der Waals surface area (Å²) in [5, 5.41) is 1.94. The van der Waals surface area contributed by atoms with E-state index in [0.717, 1.165) is 0 Å². The quantitative estimate of drug-likeness (QED) is 0.833. The third-order valence-electron chi connectivity index (χ3n) is 2.96. The summed E-state index contributed by atoms with van der Waals surface area (Å²) in [7, 11) is 0. The number of anilines is 1. The first-order valence-corrected chi connectivity index (χ1v) is 6.87. The Bertz CT molecular complexity index is 644. The van der Waals surface area contributed by atoms with E-state index >= 15 is 0 Å². The Morgan fingerprint density at radius 2 is 1.67 bits per heavy atom. The number of primary amides is 1. The topological polar surface area (TPSA) is 72.2 Å². The lowest BCUT2D eigenvalue weighted by atomic mass is 10.1. The number of hydrogen-bond donors (Lipinski definition) is 2. The maximum Gasteiger partial charge on any atom is 0.246 e. The number of benzene rings is 2. The molecule has 0 saturated heterocycles. The zero-order valence-corrected chi connectivity index (χ0v) is 12.0. The standard InChI is InChI=1S/C16H15ClN2O2/c17-15(11-6-2-1-3-7-11)16(21)19-13-9-5-4-8-12(13)10-14(18)20/h1-9,15H,10H2,(H2,18,20)(H,19,21). The van der Waals surface area contributed by atoms with Crippen LogP contribution in [-0.2, 0) is 16.0 Å². The minimum absolute atomic E-state index is 0.0642. The zero-order valence-electron chi connectivity index (χ0n) is 11.3. The Balaban J connectivity index is 2.14. The van der Waals surface area contributed by atoms with Crippen molar-refractivity contribution in [3.8, 4) is 0 Å². The van der Waals surface area contributed by atoms with E-state index < -0.39 is 11.3 Å². The van der Waals surface area contributed by atoms with Gasteiger partial charge in [0.25, 0.3) is 0 Å². The summed E-state index contributed by atoms with van der Waals surface area (Å²) in [5.41, 5.74) is 7.12. The molecule has 2 rings (SSSR count). The van der Waals surface area contributed by atoms with Crippen LogP contribution >= 0.6 is 11.6 Å². The summed E-state index contributed by atoms with van der Waals surface area (Å²) < 4.78 is 0. The lowest BCUT2D eigenvalue weighted by Gasteiger charge is -2.13. The van der Waals surface area contributed by atoms with Gasteiger partial charge in [0.15, 0.2) is 0 Å². The first-order chi connectivity index (χ1) is 10.1. The highest BCUT2D eigenvalue weighted by molar-refractivity contribution is 6.32. The van der Waals surface area contributed by atoms with Crippen LogP contribution in [0, 0.1) is 0 Å². The molecule has 108 valence electrons. The summed E-state index contributed by atoms with van der Waals surface area (Å²) in [6.45, 7) is 0. The predicted molar refractivity (Wildman–Crippen MR) is 83.0 cm³/mol. The molecule has 0 heterocycles. The first kappa shape index (κ1) is 15.1. The van der Waals surface area contributed by atoms with Gasteiger partial charge < -0.3 is 11.1 Å². The summed E-state index contributed by atoms with van der Waals surface area (Å²) in [4.78, 5) is 23.2. The molecule has 21 heavy (non-hydrogen) atoms. The fraction of sp³-hybridized carbons (Fsp3) is 0.125. The molecule has 0 aromatic heterocycles. The van der Waals surface area contributed by atoms with Crippen molar-refractivity contribution in [1.82, 2.24) is 0 Å². The number of rotatable bonds is 5. The van der Waals surface area contributed by atoms with E-state index in [9.17, 15) is 9.59 Å². The Hall–Kier alpha value is -2.33. The number of nitrogens with two attached hydrogens (primary N) is 1. The molecule has 0 aliphatic carbocycles. The molecule has 1 unspecified atom stereocenters. The number of halogens is 1. The van der Waals surface area contributed by atoms with E-state index in [4.69, 9.17) is 17.3 Å². The molecular weight excluding hydrogens is 288 g/mol. The fourth-order valence-electron chi connectivity index (χ4n) is 1.95. The summed E-state index contributed by atoms with van der Waals surface area (Å²) in [5.74, 6) is -0.804. The molecule has 2 aromatic rings. The summed E-state index contributed by atoms with van der Waals surface area (Å²) in [6, 6.07) is 16.1. The molecule has 0 spiro atoms.